The number of hydrogen-bond donors (Lipinski definition) is 2. The van der Waals surface area contributed by atoms with Gasteiger partial charge in [-0.15, -0.1) is 11.3 Å². The summed E-state index contributed by atoms with van der Waals surface area (Å²) in [4.78, 5) is 16.3. The average Bonchev–Trinajstić information content (AvgIpc) is 3.03. The minimum atomic E-state index is -0.163. The molecule has 1 aliphatic rings. The van der Waals surface area contributed by atoms with Crippen LogP contribution in [-0.2, 0) is 11.2 Å². The SMILES string of the molecule is O=C(Cc1csc(-c2ccsc2)n1)NCC1CC(O)C1. The third-order valence-electron chi connectivity index (χ3n) is 3.46. The van der Waals surface area contributed by atoms with E-state index < -0.39 is 0 Å². The van der Waals surface area contributed by atoms with Gasteiger partial charge in [-0.3, -0.25) is 4.79 Å². The standard InChI is InChI=1S/C14H16N2O2S2/c17-12-3-9(4-12)6-15-13(18)5-11-8-20-14(16-11)10-1-2-19-7-10/h1-2,7-9,12,17H,3-6H2,(H,15,18). The van der Waals surface area contributed by atoms with Crippen molar-refractivity contribution in [3.63, 3.8) is 0 Å². The Kier molecular flexibility index (Phi) is 4.14. The van der Waals surface area contributed by atoms with Gasteiger partial charge in [-0.2, -0.15) is 11.3 Å². The lowest BCUT2D eigenvalue weighted by atomic mass is 9.82. The number of thiophene rings is 1. The van der Waals surface area contributed by atoms with Gasteiger partial charge >= 0.3 is 0 Å². The third-order valence-corrected chi connectivity index (χ3v) is 5.08. The number of rotatable bonds is 5. The Balaban J connectivity index is 1.49. The molecule has 0 saturated heterocycles. The van der Waals surface area contributed by atoms with Gasteiger partial charge in [0.1, 0.15) is 5.01 Å². The zero-order chi connectivity index (χ0) is 13.9. The van der Waals surface area contributed by atoms with Crippen LogP contribution < -0.4 is 5.32 Å². The van der Waals surface area contributed by atoms with Crippen LogP contribution in [0.1, 0.15) is 18.5 Å². The molecule has 1 aliphatic carbocycles. The molecular formula is C14H16N2O2S2. The molecule has 2 heterocycles. The molecule has 0 spiro atoms. The van der Waals surface area contributed by atoms with Gasteiger partial charge in [-0.25, -0.2) is 4.98 Å². The number of nitrogens with one attached hydrogen (secondary N) is 1. The summed E-state index contributed by atoms with van der Waals surface area (Å²) < 4.78 is 0. The predicted molar refractivity (Wildman–Crippen MR) is 80.9 cm³/mol. The van der Waals surface area contributed by atoms with Gasteiger partial charge in [0.25, 0.3) is 0 Å². The van der Waals surface area contributed by atoms with Gasteiger partial charge in [0.15, 0.2) is 0 Å². The summed E-state index contributed by atoms with van der Waals surface area (Å²) in [5.74, 6) is 0.444. The van der Waals surface area contributed by atoms with Gasteiger partial charge in [-0.1, -0.05) is 0 Å². The largest absolute Gasteiger partial charge is 0.393 e. The third kappa shape index (κ3) is 3.26. The van der Waals surface area contributed by atoms with E-state index in [-0.39, 0.29) is 12.0 Å². The van der Waals surface area contributed by atoms with E-state index in [1.807, 2.05) is 16.8 Å². The smallest absolute Gasteiger partial charge is 0.226 e. The zero-order valence-corrected chi connectivity index (χ0v) is 12.5. The summed E-state index contributed by atoms with van der Waals surface area (Å²) in [7, 11) is 0. The molecule has 1 amide bonds. The van der Waals surface area contributed by atoms with E-state index in [9.17, 15) is 9.90 Å². The molecule has 2 aromatic rings. The second-order valence-electron chi connectivity index (χ2n) is 5.13. The van der Waals surface area contributed by atoms with Crippen LogP contribution in [0.5, 0.6) is 0 Å². The Morgan fingerprint density at radius 3 is 3.00 bits per heavy atom. The van der Waals surface area contributed by atoms with Crippen molar-refractivity contribution in [2.45, 2.75) is 25.4 Å². The van der Waals surface area contributed by atoms with Gasteiger partial charge < -0.3 is 10.4 Å². The Bertz CT molecular complexity index is 574. The molecule has 2 aromatic heterocycles. The first-order chi connectivity index (χ1) is 9.70. The number of carbonyl (C=O) groups is 1. The van der Waals surface area contributed by atoms with Gasteiger partial charge in [0.05, 0.1) is 18.2 Å². The molecule has 0 unspecified atom stereocenters. The molecular weight excluding hydrogens is 292 g/mol. The van der Waals surface area contributed by atoms with Crippen LogP contribution in [0.2, 0.25) is 0 Å². The quantitative estimate of drug-likeness (QED) is 0.891. The summed E-state index contributed by atoms with van der Waals surface area (Å²) in [6.07, 6.45) is 1.78. The van der Waals surface area contributed by atoms with Crippen molar-refractivity contribution in [3.8, 4) is 10.6 Å². The fourth-order valence-corrected chi connectivity index (χ4v) is 3.79. The van der Waals surface area contributed by atoms with Crippen LogP contribution in [0.25, 0.3) is 10.6 Å². The number of carbonyl (C=O) groups excluding carboxylic acids is 1. The predicted octanol–water partition coefficient (Wildman–Crippen LogP) is 2.30. The Morgan fingerprint density at radius 1 is 1.45 bits per heavy atom. The first kappa shape index (κ1) is 13.7. The Hall–Kier alpha value is -1.24. The minimum Gasteiger partial charge on any atom is -0.393 e. The van der Waals surface area contributed by atoms with Crippen LogP contribution >= 0.6 is 22.7 Å². The molecule has 4 nitrogen and oxygen atoms in total. The second kappa shape index (κ2) is 6.03. The fraction of sp³-hybridized carbons (Fsp3) is 0.429. The molecule has 0 aromatic carbocycles. The number of nitrogens with zero attached hydrogens (tertiary/aromatic N) is 1. The lowest BCUT2D eigenvalue weighted by molar-refractivity contribution is -0.121. The van der Waals surface area contributed by atoms with E-state index >= 15 is 0 Å². The van der Waals surface area contributed by atoms with E-state index in [2.05, 4.69) is 15.7 Å². The second-order valence-corrected chi connectivity index (χ2v) is 6.77. The summed E-state index contributed by atoms with van der Waals surface area (Å²) >= 11 is 3.22. The van der Waals surface area contributed by atoms with Gasteiger partial charge in [0, 0.05) is 22.9 Å². The molecule has 0 atom stereocenters. The van der Waals surface area contributed by atoms with Crippen LogP contribution in [0, 0.1) is 5.92 Å². The summed E-state index contributed by atoms with van der Waals surface area (Å²) in [6.45, 7) is 0.664. The van der Waals surface area contributed by atoms with Crippen LogP contribution in [0.4, 0.5) is 0 Å². The number of aromatic nitrogens is 1. The molecule has 1 saturated carbocycles. The zero-order valence-electron chi connectivity index (χ0n) is 10.9. The Morgan fingerprint density at radius 2 is 2.30 bits per heavy atom. The first-order valence-electron chi connectivity index (χ1n) is 6.62. The molecule has 1 fully saturated rings. The lowest BCUT2D eigenvalue weighted by Gasteiger charge is -2.31. The van der Waals surface area contributed by atoms with Gasteiger partial charge in [0.2, 0.25) is 5.91 Å². The average molecular weight is 308 g/mol. The van der Waals surface area contributed by atoms with Crippen molar-refractivity contribution in [2.75, 3.05) is 6.54 Å². The van der Waals surface area contributed by atoms with Crippen molar-refractivity contribution in [3.05, 3.63) is 27.9 Å². The highest BCUT2D eigenvalue weighted by Crippen LogP contribution is 2.27. The molecule has 0 radical (unpaired) electrons. The van der Waals surface area contributed by atoms with Crippen LogP contribution in [0.15, 0.2) is 22.2 Å². The van der Waals surface area contributed by atoms with E-state index in [1.165, 1.54) is 0 Å². The van der Waals surface area contributed by atoms with Crippen molar-refractivity contribution >= 4 is 28.6 Å². The van der Waals surface area contributed by atoms with Gasteiger partial charge in [-0.05, 0) is 30.2 Å². The number of amides is 1. The first-order valence-corrected chi connectivity index (χ1v) is 8.44. The monoisotopic (exact) mass is 308 g/mol. The summed E-state index contributed by atoms with van der Waals surface area (Å²) in [5.41, 5.74) is 1.94. The number of aliphatic hydroxyl groups excluding tert-OH is 1. The minimum absolute atomic E-state index is 0.00792. The van der Waals surface area contributed by atoms with E-state index in [4.69, 9.17) is 0 Å². The molecule has 0 aliphatic heterocycles. The highest BCUT2D eigenvalue weighted by Gasteiger charge is 2.27. The fourth-order valence-electron chi connectivity index (χ4n) is 2.26. The maximum absolute atomic E-state index is 11.8. The van der Waals surface area contributed by atoms with E-state index in [1.54, 1.807) is 22.7 Å². The topological polar surface area (TPSA) is 62.2 Å². The highest BCUT2D eigenvalue weighted by molar-refractivity contribution is 7.14. The van der Waals surface area contributed by atoms with Crippen LogP contribution in [0.3, 0.4) is 0 Å². The molecule has 6 heteroatoms. The highest BCUT2D eigenvalue weighted by atomic mass is 32.1. The molecule has 106 valence electrons. The number of aliphatic hydroxyl groups is 1. The number of thiazole rings is 1. The van der Waals surface area contributed by atoms with Crippen LogP contribution in [-0.4, -0.2) is 28.6 Å². The van der Waals surface area contributed by atoms with Crippen molar-refractivity contribution in [1.82, 2.24) is 10.3 Å². The summed E-state index contributed by atoms with van der Waals surface area (Å²) in [6, 6.07) is 2.04. The summed E-state index contributed by atoms with van der Waals surface area (Å²) in [5, 5.41) is 19.1. The molecule has 2 N–H and O–H groups in total. The number of hydrogen-bond acceptors (Lipinski definition) is 5. The Labute approximate surface area is 125 Å². The molecule has 20 heavy (non-hydrogen) atoms. The maximum atomic E-state index is 11.8. The maximum Gasteiger partial charge on any atom is 0.226 e. The molecule has 0 bridgehead atoms. The van der Waals surface area contributed by atoms with Crippen molar-refractivity contribution in [1.29, 1.82) is 0 Å². The van der Waals surface area contributed by atoms with E-state index in [0.717, 1.165) is 29.1 Å². The van der Waals surface area contributed by atoms with Crippen molar-refractivity contribution in [2.24, 2.45) is 5.92 Å². The normalized spacial score (nSPS) is 21.4. The molecule has 3 rings (SSSR count). The van der Waals surface area contributed by atoms with E-state index in [0.29, 0.717) is 18.9 Å². The van der Waals surface area contributed by atoms with Crippen molar-refractivity contribution < 1.29 is 9.90 Å². The lowest BCUT2D eigenvalue weighted by Crippen LogP contribution is -2.38.